The summed E-state index contributed by atoms with van der Waals surface area (Å²) in [6.45, 7) is 8.80. The molecule has 3 aliphatic rings. The van der Waals surface area contributed by atoms with Crippen LogP contribution in [0.1, 0.15) is 27.7 Å². The first-order valence-electron chi connectivity index (χ1n) is 6.15. The van der Waals surface area contributed by atoms with E-state index in [1.54, 1.807) is 0 Å². The molecule has 3 fully saturated rings. The molecule has 4 atom stereocenters. The van der Waals surface area contributed by atoms with Gasteiger partial charge in [0.15, 0.2) is 11.6 Å². The Bertz CT molecular complexity index is 314. The minimum atomic E-state index is -0.527. The Morgan fingerprint density at radius 2 is 1.41 bits per heavy atom. The van der Waals surface area contributed by atoms with Crippen LogP contribution in [0, 0.1) is 0 Å². The molecule has 3 rings (SSSR count). The van der Waals surface area contributed by atoms with Gasteiger partial charge in [-0.25, -0.2) is 0 Å². The van der Waals surface area contributed by atoms with Crippen molar-refractivity contribution in [3.05, 3.63) is 0 Å². The Labute approximate surface area is 101 Å². The van der Waals surface area contributed by atoms with E-state index in [1.807, 2.05) is 27.7 Å². The van der Waals surface area contributed by atoms with Crippen LogP contribution in [-0.2, 0) is 23.7 Å². The van der Waals surface area contributed by atoms with Gasteiger partial charge < -0.3 is 23.7 Å². The van der Waals surface area contributed by atoms with Gasteiger partial charge >= 0.3 is 0 Å². The van der Waals surface area contributed by atoms with Crippen molar-refractivity contribution in [3.63, 3.8) is 0 Å². The molecule has 0 amide bonds. The van der Waals surface area contributed by atoms with Crippen molar-refractivity contribution in [3.8, 4) is 0 Å². The summed E-state index contributed by atoms with van der Waals surface area (Å²) in [4.78, 5) is 0. The molecule has 5 nitrogen and oxygen atoms in total. The number of hydrogen-bond acceptors (Lipinski definition) is 5. The Morgan fingerprint density at radius 1 is 0.765 bits per heavy atom. The summed E-state index contributed by atoms with van der Waals surface area (Å²) in [7, 11) is 0. The summed E-state index contributed by atoms with van der Waals surface area (Å²) in [5.41, 5.74) is 0. The highest BCUT2D eigenvalue weighted by Gasteiger charge is 2.54. The second kappa shape index (κ2) is 3.65. The van der Waals surface area contributed by atoms with Gasteiger partial charge in [0.25, 0.3) is 0 Å². The van der Waals surface area contributed by atoms with Crippen LogP contribution in [0.3, 0.4) is 0 Å². The van der Waals surface area contributed by atoms with Gasteiger partial charge in [0.2, 0.25) is 0 Å². The van der Waals surface area contributed by atoms with Crippen LogP contribution < -0.4 is 0 Å². The van der Waals surface area contributed by atoms with Crippen molar-refractivity contribution >= 4 is 0 Å². The van der Waals surface area contributed by atoms with Gasteiger partial charge in [-0.1, -0.05) is 0 Å². The standard InChI is InChI=1S/C12H20O5/c1-11(2)14-6-8(15-11)9-10-7(5-13-9)16-12(3,4)17-10/h7-10H,5-6H2,1-4H3/t7-,8?,9-,10-/m1/s1. The minimum Gasteiger partial charge on any atom is -0.370 e. The maximum absolute atomic E-state index is 5.88. The van der Waals surface area contributed by atoms with E-state index in [9.17, 15) is 0 Å². The molecule has 0 aromatic carbocycles. The van der Waals surface area contributed by atoms with E-state index in [0.717, 1.165) is 0 Å². The molecule has 0 aromatic rings. The number of hydrogen-bond donors (Lipinski definition) is 0. The minimum absolute atomic E-state index is 0.0160. The Kier molecular flexibility index (Phi) is 2.55. The van der Waals surface area contributed by atoms with Crippen molar-refractivity contribution in [2.75, 3.05) is 13.2 Å². The van der Waals surface area contributed by atoms with E-state index in [4.69, 9.17) is 23.7 Å². The van der Waals surface area contributed by atoms with Gasteiger partial charge in [0.05, 0.1) is 13.2 Å². The van der Waals surface area contributed by atoms with Crippen LogP contribution in [0.25, 0.3) is 0 Å². The van der Waals surface area contributed by atoms with Gasteiger partial charge in [-0.3, -0.25) is 0 Å². The zero-order valence-electron chi connectivity index (χ0n) is 10.8. The molecule has 3 saturated heterocycles. The maximum atomic E-state index is 5.88. The molecule has 1 unspecified atom stereocenters. The molecular formula is C12H20O5. The first-order chi connectivity index (χ1) is 7.86. The Morgan fingerprint density at radius 3 is 2.06 bits per heavy atom. The average Bonchev–Trinajstić information content (AvgIpc) is 2.77. The van der Waals surface area contributed by atoms with Crippen LogP contribution in [0.15, 0.2) is 0 Å². The normalized spacial score (nSPS) is 47.3. The van der Waals surface area contributed by atoms with Gasteiger partial charge in [-0.15, -0.1) is 0 Å². The van der Waals surface area contributed by atoms with Crippen molar-refractivity contribution in [2.45, 2.75) is 63.7 Å². The monoisotopic (exact) mass is 244 g/mol. The van der Waals surface area contributed by atoms with E-state index in [-0.39, 0.29) is 24.4 Å². The third-order valence-corrected chi connectivity index (χ3v) is 3.40. The Hall–Kier alpha value is -0.200. The Balaban J connectivity index is 1.70. The van der Waals surface area contributed by atoms with Crippen LogP contribution in [0.4, 0.5) is 0 Å². The molecule has 0 radical (unpaired) electrons. The van der Waals surface area contributed by atoms with Gasteiger partial charge in [0, 0.05) is 0 Å². The topological polar surface area (TPSA) is 46.2 Å². The van der Waals surface area contributed by atoms with Crippen molar-refractivity contribution in [1.29, 1.82) is 0 Å². The molecule has 5 heteroatoms. The zero-order valence-corrected chi connectivity index (χ0v) is 10.8. The van der Waals surface area contributed by atoms with E-state index >= 15 is 0 Å². The SMILES string of the molecule is CC1(C)OCC([C@H]2OC[C@H]3OC(C)(C)O[C@@H]23)O1. The van der Waals surface area contributed by atoms with E-state index in [0.29, 0.717) is 13.2 Å². The zero-order chi connectivity index (χ0) is 12.3. The fourth-order valence-corrected chi connectivity index (χ4v) is 2.77. The van der Waals surface area contributed by atoms with Crippen molar-refractivity contribution < 1.29 is 23.7 Å². The van der Waals surface area contributed by atoms with Crippen molar-refractivity contribution in [1.82, 2.24) is 0 Å². The summed E-state index contributed by atoms with van der Waals surface area (Å²) in [6.07, 6.45) is -0.198. The van der Waals surface area contributed by atoms with Crippen molar-refractivity contribution in [2.24, 2.45) is 0 Å². The summed E-state index contributed by atoms with van der Waals surface area (Å²) < 4.78 is 28.8. The van der Waals surface area contributed by atoms with Crippen LogP contribution in [0.5, 0.6) is 0 Å². The van der Waals surface area contributed by atoms with Crippen LogP contribution >= 0.6 is 0 Å². The second-order valence-electron chi connectivity index (χ2n) is 5.80. The number of rotatable bonds is 1. The highest BCUT2D eigenvalue weighted by molar-refractivity contribution is 4.97. The fraction of sp³-hybridized carbons (Fsp3) is 1.00. The summed E-state index contributed by atoms with van der Waals surface area (Å²) in [6, 6.07) is 0. The predicted molar refractivity (Wildman–Crippen MR) is 58.5 cm³/mol. The third-order valence-electron chi connectivity index (χ3n) is 3.40. The van der Waals surface area contributed by atoms with Crippen LogP contribution in [-0.4, -0.2) is 49.2 Å². The largest absolute Gasteiger partial charge is 0.370 e. The highest BCUT2D eigenvalue weighted by Crippen LogP contribution is 2.39. The smallest absolute Gasteiger partial charge is 0.164 e. The molecule has 98 valence electrons. The molecule has 0 aromatic heterocycles. The third kappa shape index (κ3) is 2.11. The molecule has 0 aliphatic carbocycles. The van der Waals surface area contributed by atoms with E-state index in [1.165, 1.54) is 0 Å². The molecule has 3 heterocycles. The molecule has 0 bridgehead atoms. The van der Waals surface area contributed by atoms with Crippen LogP contribution in [0.2, 0.25) is 0 Å². The second-order valence-corrected chi connectivity index (χ2v) is 5.80. The lowest BCUT2D eigenvalue weighted by molar-refractivity contribution is -0.195. The summed E-state index contributed by atoms with van der Waals surface area (Å²) >= 11 is 0. The molecule has 0 saturated carbocycles. The number of fused-ring (bicyclic) bond motifs is 1. The maximum Gasteiger partial charge on any atom is 0.164 e. The summed E-state index contributed by atoms with van der Waals surface area (Å²) in [5.74, 6) is -1.05. The lowest BCUT2D eigenvalue weighted by Gasteiger charge is -2.25. The first-order valence-corrected chi connectivity index (χ1v) is 6.15. The average molecular weight is 244 g/mol. The summed E-state index contributed by atoms with van der Waals surface area (Å²) in [5, 5.41) is 0. The van der Waals surface area contributed by atoms with Gasteiger partial charge in [0.1, 0.15) is 24.4 Å². The molecule has 3 aliphatic heterocycles. The van der Waals surface area contributed by atoms with Gasteiger partial charge in [-0.05, 0) is 27.7 Å². The molecule has 0 spiro atoms. The predicted octanol–water partition coefficient (Wildman–Crippen LogP) is 1.06. The fourth-order valence-electron chi connectivity index (χ4n) is 2.77. The molecule has 0 N–H and O–H groups in total. The lowest BCUT2D eigenvalue weighted by atomic mass is 10.1. The first kappa shape index (κ1) is 11.9. The van der Waals surface area contributed by atoms with E-state index in [2.05, 4.69) is 0 Å². The molecule has 17 heavy (non-hydrogen) atoms. The molecular weight excluding hydrogens is 224 g/mol. The van der Waals surface area contributed by atoms with E-state index < -0.39 is 11.6 Å². The lowest BCUT2D eigenvalue weighted by Crippen LogP contribution is -2.40. The van der Waals surface area contributed by atoms with Gasteiger partial charge in [-0.2, -0.15) is 0 Å². The highest BCUT2D eigenvalue weighted by atomic mass is 16.8. The number of ether oxygens (including phenoxy) is 5. The quantitative estimate of drug-likeness (QED) is 0.690.